The third kappa shape index (κ3) is 3.60. The number of aromatic nitrogens is 1. The molecule has 0 aliphatic rings. The zero-order chi connectivity index (χ0) is 15.4. The molecule has 2 amide bonds. The van der Waals surface area contributed by atoms with E-state index in [1.165, 1.54) is 24.3 Å². The van der Waals surface area contributed by atoms with Gasteiger partial charge in [0.05, 0.1) is 17.0 Å². The molecule has 0 aliphatic carbocycles. The molecule has 0 atom stereocenters. The Labute approximate surface area is 122 Å². The van der Waals surface area contributed by atoms with Crippen LogP contribution in [0.1, 0.15) is 16.1 Å². The lowest BCUT2D eigenvalue weighted by atomic mass is 10.1. The number of carbonyl (C=O) groups is 2. The summed E-state index contributed by atoms with van der Waals surface area (Å²) in [5.41, 5.74) is 5.13. The highest BCUT2D eigenvalue weighted by Gasteiger charge is 2.20. The van der Waals surface area contributed by atoms with Crippen molar-refractivity contribution in [3.05, 3.63) is 51.0 Å². The summed E-state index contributed by atoms with van der Waals surface area (Å²) in [4.78, 5) is 37.0. The van der Waals surface area contributed by atoms with Crippen LogP contribution in [0.3, 0.4) is 0 Å². The van der Waals surface area contributed by atoms with E-state index in [0.29, 0.717) is 5.69 Å². The average molecular weight is 306 g/mol. The smallest absolute Gasteiger partial charge is 0.282 e. The second kappa shape index (κ2) is 6.09. The van der Waals surface area contributed by atoms with Gasteiger partial charge in [-0.25, -0.2) is 4.98 Å². The van der Waals surface area contributed by atoms with Crippen LogP contribution in [0.15, 0.2) is 29.6 Å². The van der Waals surface area contributed by atoms with Gasteiger partial charge in [0.25, 0.3) is 11.6 Å². The van der Waals surface area contributed by atoms with Gasteiger partial charge in [0.15, 0.2) is 5.13 Å². The molecule has 2 rings (SSSR count). The van der Waals surface area contributed by atoms with Crippen molar-refractivity contribution in [1.29, 1.82) is 0 Å². The largest absolute Gasteiger partial charge is 0.369 e. The van der Waals surface area contributed by atoms with Gasteiger partial charge in [-0.1, -0.05) is 12.1 Å². The van der Waals surface area contributed by atoms with E-state index in [9.17, 15) is 19.7 Å². The number of nitrogens with zero attached hydrogens (tertiary/aromatic N) is 2. The fourth-order valence-electron chi connectivity index (χ4n) is 1.61. The summed E-state index contributed by atoms with van der Waals surface area (Å²) in [6, 6.07) is 5.60. The molecule has 0 bridgehead atoms. The number of nitro groups is 1. The Morgan fingerprint density at radius 2 is 2.10 bits per heavy atom. The molecule has 0 radical (unpaired) electrons. The number of primary amides is 1. The van der Waals surface area contributed by atoms with Crippen molar-refractivity contribution in [3.63, 3.8) is 0 Å². The number of rotatable bonds is 5. The molecule has 0 saturated carbocycles. The number of nitrogens with one attached hydrogen (secondary N) is 1. The molecule has 21 heavy (non-hydrogen) atoms. The van der Waals surface area contributed by atoms with E-state index in [-0.39, 0.29) is 22.8 Å². The zero-order valence-corrected chi connectivity index (χ0v) is 11.4. The van der Waals surface area contributed by atoms with Crippen molar-refractivity contribution in [2.75, 3.05) is 5.32 Å². The highest BCUT2D eigenvalue weighted by molar-refractivity contribution is 7.14. The zero-order valence-electron chi connectivity index (χ0n) is 10.6. The fourth-order valence-corrected chi connectivity index (χ4v) is 2.32. The van der Waals surface area contributed by atoms with E-state index in [2.05, 4.69) is 10.3 Å². The van der Waals surface area contributed by atoms with Crippen molar-refractivity contribution in [3.8, 4) is 0 Å². The highest BCUT2D eigenvalue weighted by Crippen LogP contribution is 2.21. The van der Waals surface area contributed by atoms with E-state index < -0.39 is 16.7 Å². The normalized spacial score (nSPS) is 10.1. The molecule has 0 saturated heterocycles. The third-order valence-corrected chi connectivity index (χ3v) is 3.28. The summed E-state index contributed by atoms with van der Waals surface area (Å²) in [7, 11) is 0. The van der Waals surface area contributed by atoms with Crippen LogP contribution in [-0.2, 0) is 11.2 Å². The van der Waals surface area contributed by atoms with Gasteiger partial charge >= 0.3 is 0 Å². The Bertz CT molecular complexity index is 713. The second-order valence-electron chi connectivity index (χ2n) is 4.02. The predicted molar refractivity (Wildman–Crippen MR) is 76.1 cm³/mol. The Morgan fingerprint density at radius 1 is 1.38 bits per heavy atom. The number of para-hydroxylation sites is 1. The lowest BCUT2D eigenvalue weighted by Gasteiger charge is -2.02. The van der Waals surface area contributed by atoms with Crippen LogP contribution in [0.4, 0.5) is 10.8 Å². The number of amides is 2. The number of hydrogen-bond donors (Lipinski definition) is 2. The molecule has 0 aliphatic heterocycles. The van der Waals surface area contributed by atoms with Gasteiger partial charge in [0.2, 0.25) is 5.91 Å². The maximum absolute atomic E-state index is 12.0. The number of benzene rings is 1. The van der Waals surface area contributed by atoms with Gasteiger partial charge in [-0.15, -0.1) is 11.3 Å². The molecular weight excluding hydrogens is 296 g/mol. The molecular formula is C12H10N4O4S. The predicted octanol–water partition coefficient (Wildman–Crippen LogP) is 1.33. The molecule has 1 heterocycles. The average Bonchev–Trinajstić information content (AvgIpc) is 2.85. The molecule has 0 unspecified atom stereocenters. The molecule has 3 N–H and O–H groups in total. The van der Waals surface area contributed by atoms with Crippen LogP contribution in [0.5, 0.6) is 0 Å². The van der Waals surface area contributed by atoms with Gasteiger partial charge in [-0.3, -0.25) is 25.0 Å². The lowest BCUT2D eigenvalue weighted by molar-refractivity contribution is -0.385. The van der Waals surface area contributed by atoms with Crippen molar-refractivity contribution in [2.24, 2.45) is 5.73 Å². The number of nitro benzene ring substituents is 1. The van der Waals surface area contributed by atoms with Crippen LogP contribution in [0.25, 0.3) is 0 Å². The summed E-state index contributed by atoms with van der Waals surface area (Å²) in [5.74, 6) is -1.17. The SMILES string of the molecule is NC(=O)Cc1csc(NC(=O)c2ccccc2[N+](=O)[O-])n1. The number of thiazole rings is 1. The summed E-state index contributed by atoms with van der Waals surface area (Å²) in [6.45, 7) is 0. The van der Waals surface area contributed by atoms with Gasteiger partial charge in [0, 0.05) is 11.4 Å². The van der Waals surface area contributed by atoms with Crippen molar-refractivity contribution in [2.45, 2.75) is 6.42 Å². The minimum Gasteiger partial charge on any atom is -0.369 e. The lowest BCUT2D eigenvalue weighted by Crippen LogP contribution is -2.15. The molecule has 108 valence electrons. The summed E-state index contributed by atoms with van der Waals surface area (Å²) >= 11 is 1.11. The maximum Gasteiger partial charge on any atom is 0.282 e. The molecule has 9 heteroatoms. The first-order valence-corrected chi connectivity index (χ1v) is 6.63. The first-order chi connectivity index (χ1) is 9.97. The van der Waals surface area contributed by atoms with Gasteiger partial charge in [0.1, 0.15) is 5.56 Å². The topological polar surface area (TPSA) is 128 Å². The Kier molecular flexibility index (Phi) is 4.24. The minimum atomic E-state index is -0.637. The molecule has 8 nitrogen and oxygen atoms in total. The highest BCUT2D eigenvalue weighted by atomic mass is 32.1. The van der Waals surface area contributed by atoms with E-state index >= 15 is 0 Å². The Balaban J connectivity index is 2.17. The van der Waals surface area contributed by atoms with Gasteiger partial charge in [-0.05, 0) is 6.07 Å². The second-order valence-corrected chi connectivity index (χ2v) is 4.87. The first kappa shape index (κ1) is 14.6. The minimum absolute atomic E-state index is 0.0299. The summed E-state index contributed by atoms with van der Waals surface area (Å²) < 4.78 is 0. The Morgan fingerprint density at radius 3 is 2.76 bits per heavy atom. The molecule has 2 aromatic rings. The standard InChI is InChI=1S/C12H10N4O4S/c13-10(17)5-7-6-21-12(14-7)15-11(18)8-3-1-2-4-9(8)16(19)20/h1-4,6H,5H2,(H2,13,17)(H,14,15,18). The van der Waals surface area contributed by atoms with Crippen LogP contribution in [0, 0.1) is 10.1 Å². The maximum atomic E-state index is 12.0. The van der Waals surface area contributed by atoms with Gasteiger partial charge < -0.3 is 5.73 Å². The van der Waals surface area contributed by atoms with Crippen molar-refractivity contribution >= 4 is 34.0 Å². The van der Waals surface area contributed by atoms with Crippen LogP contribution < -0.4 is 11.1 Å². The summed E-state index contributed by atoms with van der Waals surface area (Å²) in [5, 5.41) is 15.2. The van der Waals surface area contributed by atoms with E-state index in [1.54, 1.807) is 5.38 Å². The van der Waals surface area contributed by atoms with Crippen molar-refractivity contribution < 1.29 is 14.5 Å². The molecule has 0 fully saturated rings. The van der Waals surface area contributed by atoms with Crippen LogP contribution >= 0.6 is 11.3 Å². The number of carbonyl (C=O) groups excluding carboxylic acids is 2. The molecule has 1 aromatic heterocycles. The quantitative estimate of drug-likeness (QED) is 0.636. The van der Waals surface area contributed by atoms with E-state index in [4.69, 9.17) is 5.73 Å². The number of hydrogen-bond acceptors (Lipinski definition) is 6. The van der Waals surface area contributed by atoms with Crippen molar-refractivity contribution in [1.82, 2.24) is 4.98 Å². The van der Waals surface area contributed by atoms with Gasteiger partial charge in [-0.2, -0.15) is 0 Å². The number of anilines is 1. The molecule has 0 spiro atoms. The summed E-state index contributed by atoms with van der Waals surface area (Å²) in [6.07, 6.45) is -0.0299. The first-order valence-electron chi connectivity index (χ1n) is 5.75. The van der Waals surface area contributed by atoms with E-state index in [1.807, 2.05) is 0 Å². The third-order valence-electron chi connectivity index (χ3n) is 2.47. The molecule has 1 aromatic carbocycles. The van der Waals surface area contributed by atoms with Crippen LogP contribution in [0.2, 0.25) is 0 Å². The fraction of sp³-hybridized carbons (Fsp3) is 0.0833. The van der Waals surface area contributed by atoms with E-state index in [0.717, 1.165) is 11.3 Å². The van der Waals surface area contributed by atoms with Crippen LogP contribution in [-0.4, -0.2) is 21.7 Å². The monoisotopic (exact) mass is 306 g/mol. The number of nitrogens with two attached hydrogens (primary N) is 1. The Hall–Kier alpha value is -2.81.